The maximum absolute atomic E-state index is 8.48. The lowest BCUT2D eigenvalue weighted by Gasteiger charge is -2.14. The Labute approximate surface area is 63.0 Å². The third-order valence-corrected chi connectivity index (χ3v) is 2.99. The van der Waals surface area contributed by atoms with Crippen molar-refractivity contribution in [1.29, 1.82) is 5.26 Å². The molecule has 56 valence electrons. The first-order valence-corrected chi connectivity index (χ1v) is 4.12. The fraction of sp³-hybridized carbons (Fsp3) is 0.889. The normalized spacial score (nSPS) is 39.5. The van der Waals surface area contributed by atoms with Crippen LogP contribution in [0.4, 0.5) is 0 Å². The molecule has 1 rings (SSSR count). The minimum atomic E-state index is 0.694. The van der Waals surface area contributed by atoms with Gasteiger partial charge in [0.25, 0.3) is 0 Å². The predicted octanol–water partition coefficient (Wildman–Crippen LogP) is 2.58. The molecule has 0 bridgehead atoms. The highest BCUT2D eigenvalue weighted by atomic mass is 14.4. The van der Waals surface area contributed by atoms with E-state index in [0.717, 1.165) is 18.3 Å². The van der Waals surface area contributed by atoms with E-state index in [0.29, 0.717) is 5.92 Å². The zero-order valence-corrected chi connectivity index (χ0v) is 6.80. The zero-order valence-electron chi connectivity index (χ0n) is 6.80. The molecular weight excluding hydrogens is 122 g/mol. The van der Waals surface area contributed by atoms with E-state index in [-0.39, 0.29) is 0 Å². The topological polar surface area (TPSA) is 23.8 Å². The minimum absolute atomic E-state index is 0.694. The van der Waals surface area contributed by atoms with Gasteiger partial charge in [-0.05, 0) is 24.2 Å². The molecule has 0 aromatic rings. The molecule has 0 aliphatic heterocycles. The van der Waals surface area contributed by atoms with Gasteiger partial charge in [-0.15, -0.1) is 0 Å². The summed E-state index contributed by atoms with van der Waals surface area (Å²) in [7, 11) is 0. The lowest BCUT2D eigenvalue weighted by Crippen LogP contribution is -2.07. The Kier molecular flexibility index (Phi) is 2.32. The van der Waals surface area contributed by atoms with E-state index in [4.69, 9.17) is 5.26 Å². The van der Waals surface area contributed by atoms with Crippen molar-refractivity contribution in [2.75, 3.05) is 0 Å². The summed E-state index contributed by atoms with van der Waals surface area (Å²) in [5, 5.41) is 8.48. The molecule has 1 fully saturated rings. The Bertz CT molecular complexity index is 145. The quantitative estimate of drug-likeness (QED) is 0.545. The Morgan fingerprint density at radius 3 is 2.50 bits per heavy atom. The third-order valence-electron chi connectivity index (χ3n) is 2.99. The number of hydrogen-bond acceptors (Lipinski definition) is 1. The summed E-state index contributed by atoms with van der Waals surface area (Å²) < 4.78 is 0. The first kappa shape index (κ1) is 7.60. The van der Waals surface area contributed by atoms with Gasteiger partial charge >= 0.3 is 0 Å². The molecule has 0 aromatic carbocycles. The van der Waals surface area contributed by atoms with Crippen molar-refractivity contribution in [1.82, 2.24) is 0 Å². The third kappa shape index (κ3) is 1.31. The van der Waals surface area contributed by atoms with E-state index in [1.165, 1.54) is 12.8 Å². The fourth-order valence-electron chi connectivity index (χ4n) is 1.87. The molecule has 1 saturated carbocycles. The first-order valence-electron chi connectivity index (χ1n) is 4.12. The molecular formula is C9H15N. The summed E-state index contributed by atoms with van der Waals surface area (Å²) in [6.07, 6.45) is 3.37. The van der Waals surface area contributed by atoms with Gasteiger partial charge in [-0.2, -0.15) is 5.26 Å². The molecule has 10 heavy (non-hydrogen) atoms. The van der Waals surface area contributed by atoms with Gasteiger partial charge in [-0.3, -0.25) is 0 Å². The van der Waals surface area contributed by atoms with E-state index in [1.54, 1.807) is 0 Å². The molecule has 1 heteroatoms. The molecule has 0 heterocycles. The van der Waals surface area contributed by atoms with Crippen molar-refractivity contribution in [3.8, 4) is 6.07 Å². The number of nitriles is 1. The van der Waals surface area contributed by atoms with Gasteiger partial charge in [0, 0.05) is 6.42 Å². The van der Waals surface area contributed by atoms with Crippen molar-refractivity contribution < 1.29 is 0 Å². The average molecular weight is 137 g/mol. The van der Waals surface area contributed by atoms with Gasteiger partial charge in [0.15, 0.2) is 0 Å². The molecule has 1 nitrogen and oxygen atoms in total. The largest absolute Gasteiger partial charge is 0.198 e. The Hall–Kier alpha value is -0.510. The molecule has 1 aliphatic rings. The molecule has 0 amide bonds. The van der Waals surface area contributed by atoms with Gasteiger partial charge in [-0.1, -0.05) is 20.3 Å². The van der Waals surface area contributed by atoms with Crippen LogP contribution in [0.25, 0.3) is 0 Å². The van der Waals surface area contributed by atoms with Crippen LogP contribution in [0.3, 0.4) is 0 Å². The predicted molar refractivity (Wildman–Crippen MR) is 41.3 cm³/mol. The van der Waals surface area contributed by atoms with Crippen LogP contribution in [0.15, 0.2) is 0 Å². The van der Waals surface area contributed by atoms with E-state index in [2.05, 4.69) is 19.9 Å². The molecule has 0 spiro atoms. The van der Waals surface area contributed by atoms with Gasteiger partial charge < -0.3 is 0 Å². The van der Waals surface area contributed by atoms with Crippen LogP contribution < -0.4 is 0 Å². The Balaban J connectivity index is 2.43. The fourth-order valence-corrected chi connectivity index (χ4v) is 1.87. The summed E-state index contributed by atoms with van der Waals surface area (Å²) in [6.45, 7) is 4.57. The Morgan fingerprint density at radius 1 is 1.40 bits per heavy atom. The maximum atomic E-state index is 8.48. The van der Waals surface area contributed by atoms with Crippen LogP contribution in [0.2, 0.25) is 0 Å². The van der Waals surface area contributed by atoms with Crippen molar-refractivity contribution >= 4 is 0 Å². The molecule has 0 saturated heterocycles. The van der Waals surface area contributed by atoms with E-state index >= 15 is 0 Å². The van der Waals surface area contributed by atoms with E-state index < -0.39 is 0 Å². The summed E-state index contributed by atoms with van der Waals surface area (Å²) in [5.74, 6) is 2.32. The molecule has 3 unspecified atom stereocenters. The lowest BCUT2D eigenvalue weighted by molar-refractivity contribution is 0.362. The lowest BCUT2D eigenvalue weighted by atomic mass is 9.91. The monoisotopic (exact) mass is 137 g/mol. The molecule has 0 radical (unpaired) electrons. The number of rotatable bonds is 1. The van der Waals surface area contributed by atoms with Gasteiger partial charge in [-0.25, -0.2) is 0 Å². The average Bonchev–Trinajstić information content (AvgIpc) is 2.20. The highest BCUT2D eigenvalue weighted by Gasteiger charge is 2.28. The number of hydrogen-bond donors (Lipinski definition) is 0. The molecule has 1 aliphatic carbocycles. The minimum Gasteiger partial charge on any atom is -0.198 e. The van der Waals surface area contributed by atoms with Gasteiger partial charge in [0.05, 0.1) is 6.07 Å². The summed E-state index contributed by atoms with van der Waals surface area (Å²) in [4.78, 5) is 0. The SMILES string of the molecule is CC1CCC(CC#N)C1C. The maximum Gasteiger partial charge on any atom is 0.0624 e. The second-order valence-electron chi connectivity index (χ2n) is 3.54. The van der Waals surface area contributed by atoms with Crippen LogP contribution in [-0.4, -0.2) is 0 Å². The van der Waals surface area contributed by atoms with Gasteiger partial charge in [0.1, 0.15) is 0 Å². The number of nitrogens with zero attached hydrogens (tertiary/aromatic N) is 1. The summed E-state index contributed by atoms with van der Waals surface area (Å²) >= 11 is 0. The molecule has 3 atom stereocenters. The summed E-state index contributed by atoms with van der Waals surface area (Å²) in [6, 6.07) is 2.26. The standard InChI is InChI=1S/C9H15N/c1-7-3-4-9(5-6-10)8(7)2/h7-9H,3-5H2,1-2H3. The van der Waals surface area contributed by atoms with Crippen LogP contribution in [0.1, 0.15) is 33.1 Å². The van der Waals surface area contributed by atoms with E-state index in [1.807, 2.05) is 0 Å². The van der Waals surface area contributed by atoms with Crippen LogP contribution in [0.5, 0.6) is 0 Å². The van der Waals surface area contributed by atoms with Crippen molar-refractivity contribution in [2.45, 2.75) is 33.1 Å². The highest BCUT2D eigenvalue weighted by Crippen LogP contribution is 2.37. The first-order chi connectivity index (χ1) is 4.75. The smallest absolute Gasteiger partial charge is 0.0624 e. The second-order valence-corrected chi connectivity index (χ2v) is 3.54. The Morgan fingerprint density at radius 2 is 2.10 bits per heavy atom. The van der Waals surface area contributed by atoms with Gasteiger partial charge in [0.2, 0.25) is 0 Å². The van der Waals surface area contributed by atoms with Crippen LogP contribution in [-0.2, 0) is 0 Å². The van der Waals surface area contributed by atoms with Crippen molar-refractivity contribution in [2.24, 2.45) is 17.8 Å². The van der Waals surface area contributed by atoms with E-state index in [9.17, 15) is 0 Å². The van der Waals surface area contributed by atoms with Crippen molar-refractivity contribution in [3.63, 3.8) is 0 Å². The van der Waals surface area contributed by atoms with Crippen molar-refractivity contribution in [3.05, 3.63) is 0 Å². The second kappa shape index (κ2) is 3.05. The van der Waals surface area contributed by atoms with Crippen LogP contribution in [0, 0.1) is 29.1 Å². The summed E-state index contributed by atoms with van der Waals surface area (Å²) in [5.41, 5.74) is 0. The highest BCUT2D eigenvalue weighted by molar-refractivity contribution is 4.85. The van der Waals surface area contributed by atoms with Crippen LogP contribution >= 0.6 is 0 Å². The zero-order chi connectivity index (χ0) is 7.56. The molecule has 0 aromatic heterocycles. The molecule has 0 N–H and O–H groups in total.